The van der Waals surface area contributed by atoms with Crippen LogP contribution >= 0.6 is 0 Å². The zero-order valence-corrected chi connectivity index (χ0v) is 11.2. The molecule has 5 nitrogen and oxygen atoms in total. The number of hydrogen-bond donors (Lipinski definition) is 0. The Morgan fingerprint density at radius 2 is 1.57 bits per heavy atom. The van der Waals surface area contributed by atoms with Crippen LogP contribution < -0.4 is 9.47 Å². The summed E-state index contributed by atoms with van der Waals surface area (Å²) >= 11 is 0. The SMILES string of the molecule is O=C(CCC(=O)c1ccc2c(c1)OCO2)c1ccncc1. The van der Waals surface area contributed by atoms with Crippen LogP contribution in [0, 0.1) is 0 Å². The zero-order valence-electron chi connectivity index (χ0n) is 11.2. The number of ketones is 2. The molecule has 1 aliphatic rings. The van der Waals surface area contributed by atoms with Gasteiger partial charge in [-0.3, -0.25) is 14.6 Å². The first-order valence-electron chi connectivity index (χ1n) is 6.60. The summed E-state index contributed by atoms with van der Waals surface area (Å²) < 4.78 is 10.4. The van der Waals surface area contributed by atoms with Crippen molar-refractivity contribution in [2.75, 3.05) is 6.79 Å². The molecule has 2 aromatic rings. The standard InChI is InChI=1S/C16H13NO4/c18-13(11-5-7-17-8-6-11)2-3-14(19)12-1-4-15-16(9-12)21-10-20-15/h1,4-9H,2-3,10H2. The van der Waals surface area contributed by atoms with Gasteiger partial charge >= 0.3 is 0 Å². The highest BCUT2D eigenvalue weighted by molar-refractivity contribution is 6.02. The van der Waals surface area contributed by atoms with Crippen LogP contribution in [0.15, 0.2) is 42.7 Å². The van der Waals surface area contributed by atoms with E-state index in [0.717, 1.165) is 0 Å². The fraction of sp³-hybridized carbons (Fsp3) is 0.188. The van der Waals surface area contributed by atoms with E-state index in [4.69, 9.17) is 9.47 Å². The molecule has 5 heteroatoms. The smallest absolute Gasteiger partial charge is 0.231 e. The van der Waals surface area contributed by atoms with Crippen LogP contribution in [0.2, 0.25) is 0 Å². The van der Waals surface area contributed by atoms with Crippen molar-refractivity contribution in [3.63, 3.8) is 0 Å². The fourth-order valence-corrected chi connectivity index (χ4v) is 2.12. The van der Waals surface area contributed by atoms with E-state index in [0.29, 0.717) is 22.6 Å². The predicted octanol–water partition coefficient (Wildman–Crippen LogP) is 2.66. The number of nitrogens with zero attached hydrogens (tertiary/aromatic N) is 1. The summed E-state index contributed by atoms with van der Waals surface area (Å²) in [6.45, 7) is 0.174. The summed E-state index contributed by atoms with van der Waals surface area (Å²) in [5.41, 5.74) is 1.10. The molecule has 0 amide bonds. The second-order valence-corrected chi connectivity index (χ2v) is 4.65. The maximum Gasteiger partial charge on any atom is 0.231 e. The Morgan fingerprint density at radius 3 is 2.33 bits per heavy atom. The Balaban J connectivity index is 1.63. The third-order valence-electron chi connectivity index (χ3n) is 3.28. The molecule has 0 saturated heterocycles. The molecule has 1 aromatic carbocycles. The third kappa shape index (κ3) is 2.91. The van der Waals surface area contributed by atoms with Gasteiger partial charge in [-0.15, -0.1) is 0 Å². The summed E-state index contributed by atoms with van der Waals surface area (Å²) in [7, 11) is 0. The van der Waals surface area contributed by atoms with Crippen LogP contribution in [0.4, 0.5) is 0 Å². The summed E-state index contributed by atoms with van der Waals surface area (Å²) in [4.78, 5) is 27.9. The van der Waals surface area contributed by atoms with E-state index in [1.54, 1.807) is 42.7 Å². The van der Waals surface area contributed by atoms with E-state index in [1.807, 2.05) is 0 Å². The van der Waals surface area contributed by atoms with Gasteiger partial charge in [-0.1, -0.05) is 0 Å². The summed E-state index contributed by atoms with van der Waals surface area (Å²) in [5, 5.41) is 0. The van der Waals surface area contributed by atoms with Crippen molar-refractivity contribution < 1.29 is 19.1 Å². The summed E-state index contributed by atoms with van der Waals surface area (Å²) in [6, 6.07) is 8.34. The Labute approximate surface area is 121 Å². The Morgan fingerprint density at radius 1 is 0.905 bits per heavy atom. The molecule has 0 fully saturated rings. The van der Waals surface area contributed by atoms with Crippen molar-refractivity contribution in [3.05, 3.63) is 53.9 Å². The molecular formula is C16H13NO4. The number of rotatable bonds is 5. The van der Waals surface area contributed by atoms with Crippen LogP contribution in [0.5, 0.6) is 11.5 Å². The van der Waals surface area contributed by atoms with Crippen LogP contribution in [0.25, 0.3) is 0 Å². The van der Waals surface area contributed by atoms with E-state index in [9.17, 15) is 9.59 Å². The third-order valence-corrected chi connectivity index (χ3v) is 3.28. The number of aromatic nitrogens is 1. The normalized spacial score (nSPS) is 12.2. The number of Topliss-reactive ketones (excluding diaryl/α,β-unsaturated/α-hetero) is 2. The number of fused-ring (bicyclic) bond motifs is 1. The first kappa shape index (κ1) is 13.3. The van der Waals surface area contributed by atoms with Gasteiger partial charge in [-0.25, -0.2) is 0 Å². The minimum absolute atomic E-state index is 0.0634. The van der Waals surface area contributed by atoms with Crippen molar-refractivity contribution in [1.82, 2.24) is 4.98 Å². The fourth-order valence-electron chi connectivity index (χ4n) is 2.12. The number of carbonyl (C=O) groups is 2. The number of pyridine rings is 1. The molecule has 2 heterocycles. The molecular weight excluding hydrogens is 270 g/mol. The first-order chi connectivity index (χ1) is 10.2. The molecule has 0 saturated carbocycles. The first-order valence-corrected chi connectivity index (χ1v) is 6.60. The lowest BCUT2D eigenvalue weighted by molar-refractivity contribution is 0.0917. The Kier molecular flexibility index (Phi) is 3.64. The molecule has 106 valence electrons. The topological polar surface area (TPSA) is 65.5 Å². The highest BCUT2D eigenvalue weighted by Gasteiger charge is 2.17. The lowest BCUT2D eigenvalue weighted by Gasteiger charge is -2.03. The number of ether oxygens (including phenoxy) is 2. The molecule has 0 unspecified atom stereocenters. The van der Waals surface area contributed by atoms with Crippen molar-refractivity contribution >= 4 is 11.6 Å². The number of carbonyl (C=O) groups excluding carboxylic acids is 2. The highest BCUT2D eigenvalue weighted by atomic mass is 16.7. The number of benzene rings is 1. The second-order valence-electron chi connectivity index (χ2n) is 4.65. The summed E-state index contributed by atoms with van der Waals surface area (Å²) in [5.74, 6) is 1.06. The van der Waals surface area contributed by atoms with Crippen LogP contribution in [0.3, 0.4) is 0 Å². The van der Waals surface area contributed by atoms with Crippen molar-refractivity contribution in [1.29, 1.82) is 0 Å². The van der Waals surface area contributed by atoms with Gasteiger partial charge in [0.05, 0.1) is 0 Å². The van der Waals surface area contributed by atoms with E-state index in [-0.39, 0.29) is 31.2 Å². The molecule has 1 aromatic heterocycles. The molecule has 0 bridgehead atoms. The van der Waals surface area contributed by atoms with E-state index in [2.05, 4.69) is 4.98 Å². The largest absolute Gasteiger partial charge is 0.454 e. The minimum Gasteiger partial charge on any atom is -0.454 e. The monoisotopic (exact) mass is 283 g/mol. The molecule has 0 radical (unpaired) electrons. The molecule has 0 N–H and O–H groups in total. The minimum atomic E-state index is -0.0873. The molecule has 0 aliphatic carbocycles. The van der Waals surface area contributed by atoms with Crippen molar-refractivity contribution in [2.24, 2.45) is 0 Å². The zero-order chi connectivity index (χ0) is 14.7. The lowest BCUT2D eigenvalue weighted by Crippen LogP contribution is -2.05. The average Bonchev–Trinajstić information content (AvgIpc) is 3.00. The van der Waals surface area contributed by atoms with Gasteiger partial charge in [0.2, 0.25) is 6.79 Å². The average molecular weight is 283 g/mol. The van der Waals surface area contributed by atoms with Gasteiger partial charge < -0.3 is 9.47 Å². The van der Waals surface area contributed by atoms with Gasteiger partial charge in [0.25, 0.3) is 0 Å². The Bertz CT molecular complexity index is 682. The van der Waals surface area contributed by atoms with Crippen LogP contribution in [0.1, 0.15) is 33.6 Å². The van der Waals surface area contributed by atoms with Crippen LogP contribution in [-0.2, 0) is 0 Å². The van der Waals surface area contributed by atoms with Crippen molar-refractivity contribution in [2.45, 2.75) is 12.8 Å². The van der Waals surface area contributed by atoms with Crippen molar-refractivity contribution in [3.8, 4) is 11.5 Å². The second kappa shape index (κ2) is 5.75. The molecule has 21 heavy (non-hydrogen) atoms. The van der Waals surface area contributed by atoms with Gasteiger partial charge in [-0.2, -0.15) is 0 Å². The number of hydrogen-bond acceptors (Lipinski definition) is 5. The Hall–Kier alpha value is -2.69. The maximum atomic E-state index is 12.1. The highest BCUT2D eigenvalue weighted by Crippen LogP contribution is 2.32. The summed E-state index contributed by atoms with van der Waals surface area (Å²) in [6.07, 6.45) is 3.47. The predicted molar refractivity (Wildman–Crippen MR) is 74.7 cm³/mol. The molecule has 0 atom stereocenters. The molecule has 0 spiro atoms. The maximum absolute atomic E-state index is 12.1. The van der Waals surface area contributed by atoms with E-state index >= 15 is 0 Å². The molecule has 3 rings (SSSR count). The van der Waals surface area contributed by atoms with Crippen LogP contribution in [-0.4, -0.2) is 23.3 Å². The van der Waals surface area contributed by atoms with Gasteiger partial charge in [0.15, 0.2) is 23.1 Å². The van der Waals surface area contributed by atoms with E-state index < -0.39 is 0 Å². The van der Waals surface area contributed by atoms with Gasteiger partial charge in [-0.05, 0) is 30.3 Å². The van der Waals surface area contributed by atoms with Gasteiger partial charge in [0, 0.05) is 36.4 Å². The lowest BCUT2D eigenvalue weighted by atomic mass is 10.0. The molecule has 1 aliphatic heterocycles. The van der Waals surface area contributed by atoms with Gasteiger partial charge in [0.1, 0.15) is 0 Å². The van der Waals surface area contributed by atoms with E-state index in [1.165, 1.54) is 0 Å². The quantitative estimate of drug-likeness (QED) is 0.789.